The third-order valence-electron chi connectivity index (χ3n) is 1.83. The Bertz CT molecular complexity index is 410. The first-order valence-electron chi connectivity index (χ1n) is 4.52. The van der Waals surface area contributed by atoms with E-state index in [0.29, 0.717) is 16.5 Å². The highest BCUT2D eigenvalue weighted by Crippen LogP contribution is 2.23. The molecule has 0 spiro atoms. The van der Waals surface area contributed by atoms with Crippen LogP contribution < -0.4 is 4.74 Å². The van der Waals surface area contributed by atoms with Crippen LogP contribution in [0.2, 0.25) is 5.15 Å². The Labute approximate surface area is 94.0 Å². The molecule has 1 aromatic heterocycles. The van der Waals surface area contributed by atoms with Gasteiger partial charge in [-0.3, -0.25) is 0 Å². The van der Waals surface area contributed by atoms with Gasteiger partial charge in [-0.2, -0.15) is 5.26 Å². The predicted octanol–water partition coefficient (Wildman–Crippen LogP) is 2.76. The quantitative estimate of drug-likeness (QED) is 0.581. The lowest BCUT2D eigenvalue weighted by molar-refractivity contribution is 0.355. The first kappa shape index (κ1) is 11.5. The van der Waals surface area contributed by atoms with E-state index in [1.807, 2.05) is 19.1 Å². The average Bonchev–Trinajstić information content (AvgIpc) is 2.27. The zero-order chi connectivity index (χ0) is 11.3. The third-order valence-corrected chi connectivity index (χ3v) is 2.12. The van der Waals surface area contributed by atoms with Crippen LogP contribution in [0.1, 0.15) is 12.5 Å². The molecule has 0 saturated heterocycles. The monoisotopic (exact) mass is 222 g/mol. The summed E-state index contributed by atoms with van der Waals surface area (Å²) in [5.74, 6) is 0.493. The number of rotatable bonds is 4. The van der Waals surface area contributed by atoms with Gasteiger partial charge in [-0.15, -0.1) is 0 Å². The number of hydrogen-bond donors (Lipinski definition) is 0. The average molecular weight is 223 g/mol. The summed E-state index contributed by atoms with van der Waals surface area (Å²) in [5, 5.41) is 8.81. The molecule has 1 aromatic rings. The minimum absolute atomic E-state index is 0.144. The van der Waals surface area contributed by atoms with Gasteiger partial charge in [0.1, 0.15) is 6.61 Å². The number of aromatic nitrogens is 1. The van der Waals surface area contributed by atoms with Crippen LogP contribution in [-0.2, 0) is 6.42 Å². The summed E-state index contributed by atoms with van der Waals surface area (Å²) in [5.41, 5.74) is 1.39. The second-order valence-electron chi connectivity index (χ2n) is 2.99. The number of nitrogens with zero attached hydrogens (tertiary/aromatic N) is 2. The van der Waals surface area contributed by atoms with Gasteiger partial charge < -0.3 is 4.74 Å². The van der Waals surface area contributed by atoms with Crippen LogP contribution >= 0.6 is 11.6 Å². The van der Waals surface area contributed by atoms with Crippen LogP contribution in [0.3, 0.4) is 0 Å². The first-order chi connectivity index (χ1) is 7.17. The molecule has 0 saturated carbocycles. The highest BCUT2D eigenvalue weighted by molar-refractivity contribution is 6.30. The Morgan fingerprint density at radius 1 is 1.73 bits per heavy atom. The normalized spacial score (nSPS) is 9.40. The summed E-state index contributed by atoms with van der Waals surface area (Å²) in [6.07, 6.45) is 2.56. The van der Waals surface area contributed by atoms with E-state index < -0.39 is 0 Å². The highest BCUT2D eigenvalue weighted by atomic mass is 35.5. The largest absolute Gasteiger partial charge is 0.485 e. The van der Waals surface area contributed by atoms with Gasteiger partial charge in [0.2, 0.25) is 0 Å². The Kier molecular flexibility index (Phi) is 4.14. The molecule has 0 fully saturated rings. The molecular weight excluding hydrogens is 212 g/mol. The Hall–Kier alpha value is -1.53. The molecule has 3 nitrogen and oxygen atoms in total. The summed E-state index contributed by atoms with van der Waals surface area (Å²) >= 11 is 5.83. The molecule has 0 bridgehead atoms. The minimum Gasteiger partial charge on any atom is -0.485 e. The highest BCUT2D eigenvalue weighted by Gasteiger charge is 2.04. The molecule has 0 aromatic carbocycles. The SMILES string of the molecule is C=C(C#N)COc1cc(CC)cnc1Cl. The van der Waals surface area contributed by atoms with Gasteiger partial charge >= 0.3 is 0 Å². The topological polar surface area (TPSA) is 45.9 Å². The van der Waals surface area contributed by atoms with Gasteiger partial charge in [0.15, 0.2) is 10.9 Å². The smallest absolute Gasteiger partial charge is 0.171 e. The number of halogens is 1. The van der Waals surface area contributed by atoms with E-state index in [0.717, 1.165) is 12.0 Å². The number of nitriles is 1. The van der Waals surface area contributed by atoms with Gasteiger partial charge in [0.05, 0.1) is 11.6 Å². The second kappa shape index (κ2) is 5.38. The Balaban J connectivity index is 2.76. The molecule has 0 aliphatic heterocycles. The fourth-order valence-corrected chi connectivity index (χ4v) is 1.12. The second-order valence-corrected chi connectivity index (χ2v) is 3.35. The summed E-state index contributed by atoms with van der Waals surface area (Å²) in [7, 11) is 0. The maximum Gasteiger partial charge on any atom is 0.171 e. The van der Waals surface area contributed by atoms with E-state index in [1.54, 1.807) is 6.20 Å². The van der Waals surface area contributed by atoms with Crippen molar-refractivity contribution in [1.82, 2.24) is 4.98 Å². The van der Waals surface area contributed by atoms with Crippen LogP contribution in [0.4, 0.5) is 0 Å². The van der Waals surface area contributed by atoms with Crippen molar-refractivity contribution in [2.45, 2.75) is 13.3 Å². The molecule has 1 heterocycles. The van der Waals surface area contributed by atoms with Gasteiger partial charge in [0.25, 0.3) is 0 Å². The molecule has 0 aliphatic carbocycles. The zero-order valence-electron chi connectivity index (χ0n) is 8.46. The lowest BCUT2D eigenvalue weighted by atomic mass is 10.2. The minimum atomic E-state index is 0.144. The van der Waals surface area contributed by atoms with E-state index in [-0.39, 0.29) is 6.61 Å². The fourth-order valence-electron chi connectivity index (χ4n) is 0.960. The van der Waals surface area contributed by atoms with Gasteiger partial charge in [-0.05, 0) is 18.1 Å². The molecule has 78 valence electrons. The maximum absolute atomic E-state index is 8.50. The van der Waals surface area contributed by atoms with Crippen LogP contribution in [0.15, 0.2) is 24.4 Å². The maximum atomic E-state index is 8.50. The van der Waals surface area contributed by atoms with Crippen molar-refractivity contribution >= 4 is 11.6 Å². The summed E-state index contributed by atoms with van der Waals surface area (Å²) in [6.45, 7) is 5.67. The van der Waals surface area contributed by atoms with E-state index >= 15 is 0 Å². The van der Waals surface area contributed by atoms with Crippen molar-refractivity contribution in [2.75, 3.05) is 6.61 Å². The molecule has 0 atom stereocenters. The van der Waals surface area contributed by atoms with Crippen molar-refractivity contribution in [2.24, 2.45) is 0 Å². The van der Waals surface area contributed by atoms with Crippen LogP contribution in [0.25, 0.3) is 0 Å². The van der Waals surface area contributed by atoms with Gasteiger partial charge in [0, 0.05) is 6.20 Å². The summed E-state index contributed by atoms with van der Waals surface area (Å²) in [6, 6.07) is 3.72. The van der Waals surface area contributed by atoms with Crippen molar-refractivity contribution < 1.29 is 4.74 Å². The molecule has 0 unspecified atom stereocenters. The zero-order valence-corrected chi connectivity index (χ0v) is 9.21. The summed E-state index contributed by atoms with van der Waals surface area (Å²) < 4.78 is 5.32. The fraction of sp³-hybridized carbons (Fsp3) is 0.273. The van der Waals surface area contributed by atoms with Crippen molar-refractivity contribution in [1.29, 1.82) is 5.26 Å². The van der Waals surface area contributed by atoms with Crippen molar-refractivity contribution in [3.8, 4) is 11.8 Å². The van der Waals surface area contributed by atoms with E-state index in [2.05, 4.69) is 11.6 Å². The molecular formula is C11H11ClN2O. The lowest BCUT2D eigenvalue weighted by Crippen LogP contribution is -2.00. The summed E-state index contributed by atoms with van der Waals surface area (Å²) in [4.78, 5) is 3.98. The van der Waals surface area contributed by atoms with Crippen molar-refractivity contribution in [3.63, 3.8) is 0 Å². The first-order valence-corrected chi connectivity index (χ1v) is 4.90. The standard InChI is InChI=1S/C11H11ClN2O/c1-3-9-4-10(11(12)14-6-9)15-7-8(2)5-13/h4,6H,2-3,7H2,1H3. The number of ether oxygens (including phenoxy) is 1. The molecule has 0 radical (unpaired) electrons. The van der Waals surface area contributed by atoms with Gasteiger partial charge in [-0.1, -0.05) is 25.1 Å². The van der Waals surface area contributed by atoms with Crippen LogP contribution in [0, 0.1) is 11.3 Å². The van der Waals surface area contributed by atoms with Gasteiger partial charge in [-0.25, -0.2) is 4.98 Å². The van der Waals surface area contributed by atoms with Crippen molar-refractivity contribution in [3.05, 3.63) is 35.1 Å². The number of pyridine rings is 1. The Morgan fingerprint density at radius 2 is 2.47 bits per heavy atom. The third kappa shape index (κ3) is 3.26. The molecule has 0 aliphatic rings. The number of aryl methyl sites for hydroxylation is 1. The van der Waals surface area contributed by atoms with E-state index in [9.17, 15) is 0 Å². The van der Waals surface area contributed by atoms with Crippen LogP contribution in [0.5, 0.6) is 5.75 Å². The van der Waals surface area contributed by atoms with E-state index in [4.69, 9.17) is 21.6 Å². The predicted molar refractivity (Wildman–Crippen MR) is 58.9 cm³/mol. The lowest BCUT2D eigenvalue weighted by Gasteiger charge is -2.07. The Morgan fingerprint density at radius 3 is 3.07 bits per heavy atom. The molecule has 0 N–H and O–H groups in total. The molecule has 4 heteroatoms. The molecule has 0 amide bonds. The van der Waals surface area contributed by atoms with E-state index in [1.165, 1.54) is 0 Å². The molecule has 15 heavy (non-hydrogen) atoms. The van der Waals surface area contributed by atoms with Crippen LogP contribution in [-0.4, -0.2) is 11.6 Å². The molecule has 1 rings (SSSR count). The number of hydrogen-bond acceptors (Lipinski definition) is 3.